The Morgan fingerprint density at radius 1 is 1.16 bits per heavy atom. The first-order chi connectivity index (χ1) is 14.5. The van der Waals surface area contributed by atoms with Gasteiger partial charge in [-0.05, 0) is 42.3 Å². The van der Waals surface area contributed by atoms with E-state index in [1.807, 2.05) is 0 Å². The monoisotopic (exact) mass is 502 g/mol. The molecular weight excluding hydrogens is 484 g/mol. The van der Waals surface area contributed by atoms with Gasteiger partial charge in [0.05, 0.1) is 5.56 Å². The topological polar surface area (TPSA) is 60.9 Å². The molecule has 1 heterocycles. The van der Waals surface area contributed by atoms with E-state index in [0.29, 0.717) is 5.56 Å². The second kappa shape index (κ2) is 8.86. The van der Waals surface area contributed by atoms with E-state index < -0.39 is 41.5 Å². The number of hydrogen-bond donors (Lipinski definition) is 1. The molecule has 1 fully saturated rings. The average Bonchev–Trinajstić information content (AvgIpc) is 2.71. The minimum Gasteiger partial charge on any atom is -0.465 e. The van der Waals surface area contributed by atoms with E-state index in [4.69, 9.17) is 0 Å². The molecular formula is C21H19BrF4N2O3. The van der Waals surface area contributed by atoms with Crippen LogP contribution in [0.1, 0.15) is 33.8 Å². The van der Waals surface area contributed by atoms with Crippen LogP contribution >= 0.6 is 15.9 Å². The van der Waals surface area contributed by atoms with E-state index in [1.165, 1.54) is 47.2 Å². The van der Waals surface area contributed by atoms with Gasteiger partial charge in [0.25, 0.3) is 5.91 Å². The van der Waals surface area contributed by atoms with E-state index in [2.05, 4.69) is 15.9 Å². The van der Waals surface area contributed by atoms with Gasteiger partial charge in [0.15, 0.2) is 0 Å². The zero-order chi connectivity index (χ0) is 22.9. The first-order valence-electron chi connectivity index (χ1n) is 9.35. The number of nitrogens with zero attached hydrogens (tertiary/aromatic N) is 2. The minimum atomic E-state index is -4.61. The van der Waals surface area contributed by atoms with Crippen molar-refractivity contribution < 1.29 is 32.3 Å². The lowest BCUT2D eigenvalue weighted by Crippen LogP contribution is -2.51. The lowest BCUT2D eigenvalue weighted by Gasteiger charge is -2.42. The summed E-state index contributed by atoms with van der Waals surface area (Å²) < 4.78 is 53.0. The van der Waals surface area contributed by atoms with Crippen LogP contribution in [0.4, 0.5) is 22.4 Å². The van der Waals surface area contributed by atoms with Gasteiger partial charge in [-0.15, -0.1) is 0 Å². The second-order valence-corrected chi connectivity index (χ2v) is 8.30. The van der Waals surface area contributed by atoms with E-state index in [-0.39, 0.29) is 29.5 Å². The van der Waals surface area contributed by atoms with Crippen LogP contribution in [0.2, 0.25) is 0 Å². The summed E-state index contributed by atoms with van der Waals surface area (Å²) in [6, 6.07) is 8.06. The van der Waals surface area contributed by atoms with Crippen molar-refractivity contribution in [3.63, 3.8) is 0 Å². The summed E-state index contributed by atoms with van der Waals surface area (Å²) in [7, 11) is 1.48. The van der Waals surface area contributed by atoms with Crippen molar-refractivity contribution in [3.05, 3.63) is 69.4 Å². The third kappa shape index (κ3) is 5.17. The lowest BCUT2D eigenvalue weighted by atomic mass is 9.85. The number of likely N-dealkylation sites (tertiary alicyclic amines) is 1. The minimum absolute atomic E-state index is 0.0789. The fourth-order valence-electron chi connectivity index (χ4n) is 3.85. The molecule has 1 N–H and O–H groups in total. The van der Waals surface area contributed by atoms with Crippen LogP contribution in [0.5, 0.6) is 0 Å². The predicted octanol–water partition coefficient (Wildman–Crippen LogP) is 5.22. The van der Waals surface area contributed by atoms with Crippen LogP contribution in [0, 0.1) is 5.82 Å². The van der Waals surface area contributed by atoms with Gasteiger partial charge in [-0.1, -0.05) is 28.1 Å². The molecule has 166 valence electrons. The van der Waals surface area contributed by atoms with Crippen molar-refractivity contribution in [2.45, 2.75) is 24.6 Å². The largest absolute Gasteiger partial charge is 0.465 e. The summed E-state index contributed by atoms with van der Waals surface area (Å²) in [6.07, 6.45) is -5.43. The van der Waals surface area contributed by atoms with Crippen LogP contribution in [0.3, 0.4) is 0 Å². The number of hydrogen-bond acceptors (Lipinski definition) is 2. The van der Waals surface area contributed by atoms with Gasteiger partial charge in [-0.2, -0.15) is 13.2 Å². The molecule has 0 aliphatic carbocycles. The smallest absolute Gasteiger partial charge is 0.416 e. The Bertz CT molecular complexity index is 982. The maximum atomic E-state index is 13.4. The summed E-state index contributed by atoms with van der Waals surface area (Å²) in [4.78, 5) is 27.1. The molecule has 10 heteroatoms. The number of carbonyl (C=O) groups is 2. The molecule has 3 rings (SSSR count). The Morgan fingerprint density at radius 3 is 2.39 bits per heavy atom. The SMILES string of the molecule is CN(C(=O)c1cc(Br)cc(C(F)(F)F)c1)[C@@H]1CCN(C(=O)O)C[C@H]1c1ccc(F)cc1. The Labute approximate surface area is 184 Å². The van der Waals surface area contributed by atoms with Crippen molar-refractivity contribution in [2.75, 3.05) is 20.1 Å². The second-order valence-electron chi connectivity index (χ2n) is 7.39. The van der Waals surface area contributed by atoms with Crippen LogP contribution in [0.15, 0.2) is 46.9 Å². The van der Waals surface area contributed by atoms with E-state index in [9.17, 15) is 32.3 Å². The highest BCUT2D eigenvalue weighted by Gasteiger charge is 2.37. The summed E-state index contributed by atoms with van der Waals surface area (Å²) in [6.45, 7) is 0.247. The molecule has 2 amide bonds. The molecule has 0 bridgehead atoms. The van der Waals surface area contributed by atoms with E-state index in [1.54, 1.807) is 0 Å². The number of piperidine rings is 1. The third-order valence-corrected chi connectivity index (χ3v) is 5.89. The van der Waals surface area contributed by atoms with Gasteiger partial charge in [0, 0.05) is 42.1 Å². The summed E-state index contributed by atoms with van der Waals surface area (Å²) in [5, 5.41) is 9.37. The molecule has 31 heavy (non-hydrogen) atoms. The van der Waals surface area contributed by atoms with E-state index >= 15 is 0 Å². The van der Waals surface area contributed by atoms with Gasteiger partial charge in [-0.25, -0.2) is 9.18 Å². The Balaban J connectivity index is 1.93. The molecule has 0 unspecified atom stereocenters. The molecule has 5 nitrogen and oxygen atoms in total. The first-order valence-corrected chi connectivity index (χ1v) is 10.1. The number of likely N-dealkylation sites (N-methyl/N-ethyl adjacent to an activating group) is 1. The van der Waals surface area contributed by atoms with Gasteiger partial charge in [-0.3, -0.25) is 4.79 Å². The Hall–Kier alpha value is -2.62. The Morgan fingerprint density at radius 2 is 1.81 bits per heavy atom. The maximum Gasteiger partial charge on any atom is 0.416 e. The van der Waals surface area contributed by atoms with Crippen molar-refractivity contribution in [3.8, 4) is 0 Å². The van der Waals surface area contributed by atoms with Crippen molar-refractivity contribution >= 4 is 27.9 Å². The number of halogens is 5. The molecule has 0 aromatic heterocycles. The zero-order valence-electron chi connectivity index (χ0n) is 16.4. The van der Waals surface area contributed by atoms with Gasteiger partial charge in [0.1, 0.15) is 5.82 Å². The van der Waals surface area contributed by atoms with Crippen LogP contribution in [0.25, 0.3) is 0 Å². The van der Waals surface area contributed by atoms with Crippen LogP contribution in [-0.2, 0) is 6.18 Å². The van der Waals surface area contributed by atoms with Crippen LogP contribution in [-0.4, -0.2) is 53.1 Å². The highest BCUT2D eigenvalue weighted by molar-refractivity contribution is 9.10. The van der Waals surface area contributed by atoms with E-state index in [0.717, 1.165) is 12.1 Å². The molecule has 0 radical (unpaired) electrons. The number of benzene rings is 2. The lowest BCUT2D eigenvalue weighted by molar-refractivity contribution is -0.137. The molecule has 0 spiro atoms. The highest BCUT2D eigenvalue weighted by Crippen LogP contribution is 2.34. The molecule has 2 aromatic rings. The number of carbonyl (C=O) groups excluding carboxylic acids is 1. The normalized spacial score (nSPS) is 19.2. The molecule has 1 saturated heterocycles. The number of rotatable bonds is 3. The number of alkyl halides is 3. The summed E-state index contributed by atoms with van der Waals surface area (Å²) in [5.41, 5.74) is -0.445. The van der Waals surface area contributed by atoms with Gasteiger partial charge < -0.3 is 14.9 Å². The van der Waals surface area contributed by atoms with Gasteiger partial charge >= 0.3 is 12.3 Å². The maximum absolute atomic E-state index is 13.4. The zero-order valence-corrected chi connectivity index (χ0v) is 18.0. The molecule has 2 atom stereocenters. The molecule has 2 aromatic carbocycles. The first kappa shape index (κ1) is 23.1. The molecule has 0 saturated carbocycles. The number of amides is 2. The van der Waals surface area contributed by atoms with Crippen molar-refractivity contribution in [1.29, 1.82) is 0 Å². The fourth-order valence-corrected chi connectivity index (χ4v) is 4.34. The number of carboxylic acid groups (broad SMARTS) is 1. The summed E-state index contributed by atoms with van der Waals surface area (Å²) >= 11 is 3.02. The third-order valence-electron chi connectivity index (χ3n) is 5.43. The quantitative estimate of drug-likeness (QED) is 0.585. The Kier molecular flexibility index (Phi) is 6.59. The molecule has 1 aliphatic heterocycles. The van der Waals surface area contributed by atoms with Crippen molar-refractivity contribution in [2.24, 2.45) is 0 Å². The van der Waals surface area contributed by atoms with Crippen molar-refractivity contribution in [1.82, 2.24) is 9.80 Å². The summed E-state index contributed by atoms with van der Waals surface area (Å²) in [5.74, 6) is -1.54. The highest BCUT2D eigenvalue weighted by atomic mass is 79.9. The fraction of sp³-hybridized carbons (Fsp3) is 0.333. The predicted molar refractivity (Wildman–Crippen MR) is 108 cm³/mol. The standard InChI is InChI=1S/C21H19BrF4N2O3/c1-27(19(29)13-8-14(21(24,25)26)10-15(22)9-13)18-6-7-28(20(30)31)11-17(18)12-2-4-16(23)5-3-12/h2-5,8-10,17-18H,6-7,11H2,1H3,(H,30,31)/t17-,18+/m0/s1. The average molecular weight is 503 g/mol. The van der Waals surface area contributed by atoms with Crippen LogP contribution < -0.4 is 0 Å². The van der Waals surface area contributed by atoms with Gasteiger partial charge in [0.2, 0.25) is 0 Å². The molecule has 1 aliphatic rings.